The van der Waals surface area contributed by atoms with E-state index in [2.05, 4.69) is 16.0 Å². The van der Waals surface area contributed by atoms with Crippen molar-refractivity contribution in [2.45, 2.75) is 46.2 Å². The molecule has 0 aliphatic heterocycles. The number of benzene rings is 1. The molecule has 0 bridgehead atoms. The fraction of sp³-hybridized carbons (Fsp3) is 0.500. The summed E-state index contributed by atoms with van der Waals surface area (Å²) in [5.74, 6) is -0.0262. The first kappa shape index (κ1) is 17.2. The molecule has 0 saturated carbocycles. The van der Waals surface area contributed by atoms with E-state index < -0.39 is 0 Å². The third-order valence-electron chi connectivity index (χ3n) is 2.65. The first-order valence-electron chi connectivity index (χ1n) is 7.14. The zero-order chi connectivity index (χ0) is 15.9. The molecule has 0 aliphatic rings. The topological polar surface area (TPSA) is 70.2 Å². The number of hydrogen-bond acceptors (Lipinski definition) is 3. The Morgan fingerprint density at radius 1 is 1.10 bits per heavy atom. The third kappa shape index (κ3) is 8.09. The van der Waals surface area contributed by atoms with Crippen molar-refractivity contribution >= 4 is 17.5 Å². The largest absolute Gasteiger partial charge is 0.351 e. The van der Waals surface area contributed by atoms with E-state index in [1.165, 1.54) is 6.92 Å². The predicted octanol–water partition coefficient (Wildman–Crippen LogP) is 2.04. The minimum absolute atomic E-state index is 0.0519. The highest BCUT2D eigenvalue weighted by atomic mass is 16.2. The van der Waals surface area contributed by atoms with E-state index in [9.17, 15) is 9.59 Å². The summed E-state index contributed by atoms with van der Waals surface area (Å²) in [5.41, 5.74) is 1.72. The van der Waals surface area contributed by atoms with Gasteiger partial charge in [0.15, 0.2) is 0 Å². The second-order valence-electron chi connectivity index (χ2n) is 6.10. The summed E-state index contributed by atoms with van der Waals surface area (Å²) in [6.07, 6.45) is 0.460. The van der Waals surface area contributed by atoms with E-state index in [0.717, 1.165) is 11.3 Å². The molecule has 0 saturated heterocycles. The SMILES string of the molecule is CC(=O)Nc1ccc(CNCCC(=O)NC(C)(C)C)cc1. The highest BCUT2D eigenvalue weighted by molar-refractivity contribution is 5.88. The van der Waals surface area contributed by atoms with Gasteiger partial charge >= 0.3 is 0 Å². The highest BCUT2D eigenvalue weighted by Gasteiger charge is 2.12. The molecule has 0 heterocycles. The lowest BCUT2D eigenvalue weighted by molar-refractivity contribution is -0.122. The minimum atomic E-state index is -0.184. The molecule has 0 unspecified atom stereocenters. The van der Waals surface area contributed by atoms with E-state index in [0.29, 0.717) is 19.5 Å². The summed E-state index contributed by atoms with van der Waals surface area (Å²) < 4.78 is 0. The summed E-state index contributed by atoms with van der Waals surface area (Å²) in [7, 11) is 0. The van der Waals surface area contributed by atoms with Crippen LogP contribution >= 0.6 is 0 Å². The smallest absolute Gasteiger partial charge is 0.221 e. The van der Waals surface area contributed by atoms with Gasteiger partial charge in [0.05, 0.1) is 0 Å². The summed E-state index contributed by atoms with van der Waals surface area (Å²) in [6.45, 7) is 8.72. The van der Waals surface area contributed by atoms with Crippen molar-refractivity contribution in [1.82, 2.24) is 10.6 Å². The molecule has 116 valence electrons. The number of carbonyl (C=O) groups excluding carboxylic acids is 2. The molecule has 1 rings (SSSR count). The van der Waals surface area contributed by atoms with Gasteiger partial charge in [-0.3, -0.25) is 9.59 Å². The fourth-order valence-corrected chi connectivity index (χ4v) is 1.82. The van der Waals surface area contributed by atoms with E-state index in [1.807, 2.05) is 45.0 Å². The first-order valence-corrected chi connectivity index (χ1v) is 7.14. The first-order chi connectivity index (χ1) is 9.76. The summed E-state index contributed by atoms with van der Waals surface area (Å²) in [4.78, 5) is 22.5. The summed E-state index contributed by atoms with van der Waals surface area (Å²) >= 11 is 0. The zero-order valence-corrected chi connectivity index (χ0v) is 13.2. The van der Waals surface area contributed by atoms with Gasteiger partial charge in [0.1, 0.15) is 0 Å². The van der Waals surface area contributed by atoms with E-state index in [-0.39, 0.29) is 17.4 Å². The maximum Gasteiger partial charge on any atom is 0.221 e. The third-order valence-corrected chi connectivity index (χ3v) is 2.65. The monoisotopic (exact) mass is 291 g/mol. The van der Waals surface area contributed by atoms with Crippen LogP contribution in [0.3, 0.4) is 0 Å². The molecule has 1 aromatic carbocycles. The van der Waals surface area contributed by atoms with Crippen LogP contribution in [-0.2, 0) is 16.1 Å². The normalized spacial score (nSPS) is 11.0. The van der Waals surface area contributed by atoms with Crippen molar-refractivity contribution < 1.29 is 9.59 Å². The summed E-state index contributed by atoms with van der Waals surface area (Å²) in [5, 5.41) is 8.88. The maximum absolute atomic E-state index is 11.6. The van der Waals surface area contributed by atoms with Crippen LogP contribution in [0.1, 0.15) is 39.7 Å². The average molecular weight is 291 g/mol. The van der Waals surface area contributed by atoms with Gasteiger partial charge in [-0.15, -0.1) is 0 Å². The number of rotatable bonds is 6. The lowest BCUT2D eigenvalue weighted by Crippen LogP contribution is -2.41. The van der Waals surface area contributed by atoms with Crippen molar-refractivity contribution in [1.29, 1.82) is 0 Å². The van der Waals surface area contributed by atoms with Gasteiger partial charge in [-0.1, -0.05) is 12.1 Å². The number of hydrogen-bond donors (Lipinski definition) is 3. The molecule has 1 aromatic rings. The zero-order valence-electron chi connectivity index (χ0n) is 13.2. The average Bonchev–Trinajstić information content (AvgIpc) is 2.34. The summed E-state index contributed by atoms with van der Waals surface area (Å²) in [6, 6.07) is 7.64. The van der Waals surface area contributed by atoms with Crippen molar-refractivity contribution in [3.8, 4) is 0 Å². The van der Waals surface area contributed by atoms with Crippen LogP contribution in [0, 0.1) is 0 Å². The molecule has 0 fully saturated rings. The van der Waals surface area contributed by atoms with Gasteiger partial charge in [0, 0.05) is 37.7 Å². The molecule has 3 N–H and O–H groups in total. The Hall–Kier alpha value is -1.88. The van der Waals surface area contributed by atoms with Crippen LogP contribution in [0.4, 0.5) is 5.69 Å². The predicted molar refractivity (Wildman–Crippen MR) is 85.0 cm³/mol. The van der Waals surface area contributed by atoms with Crippen molar-refractivity contribution in [2.75, 3.05) is 11.9 Å². The minimum Gasteiger partial charge on any atom is -0.351 e. The highest BCUT2D eigenvalue weighted by Crippen LogP contribution is 2.09. The van der Waals surface area contributed by atoms with Crippen molar-refractivity contribution in [3.63, 3.8) is 0 Å². The van der Waals surface area contributed by atoms with Gasteiger partial charge in [-0.2, -0.15) is 0 Å². The van der Waals surface area contributed by atoms with Crippen LogP contribution < -0.4 is 16.0 Å². The molecular formula is C16H25N3O2. The fourth-order valence-electron chi connectivity index (χ4n) is 1.82. The maximum atomic E-state index is 11.6. The molecule has 0 aromatic heterocycles. The number of carbonyl (C=O) groups is 2. The van der Waals surface area contributed by atoms with Crippen LogP contribution in [-0.4, -0.2) is 23.9 Å². The second-order valence-corrected chi connectivity index (χ2v) is 6.10. The van der Waals surface area contributed by atoms with Crippen molar-refractivity contribution in [2.24, 2.45) is 0 Å². The molecule has 2 amide bonds. The van der Waals surface area contributed by atoms with Gasteiger partial charge < -0.3 is 16.0 Å². The molecule has 21 heavy (non-hydrogen) atoms. The molecule has 0 aliphatic carbocycles. The molecule has 5 heteroatoms. The van der Waals surface area contributed by atoms with E-state index in [1.54, 1.807) is 0 Å². The number of anilines is 1. The van der Waals surface area contributed by atoms with E-state index >= 15 is 0 Å². The standard InChI is InChI=1S/C16H25N3O2/c1-12(20)18-14-7-5-13(6-8-14)11-17-10-9-15(21)19-16(2,3)4/h5-8,17H,9-11H2,1-4H3,(H,18,20)(H,19,21). The molecule has 5 nitrogen and oxygen atoms in total. The van der Waals surface area contributed by atoms with Crippen LogP contribution in [0.5, 0.6) is 0 Å². The molecule has 0 radical (unpaired) electrons. The van der Waals surface area contributed by atoms with Gasteiger partial charge in [0.2, 0.25) is 11.8 Å². The van der Waals surface area contributed by atoms with Crippen molar-refractivity contribution in [3.05, 3.63) is 29.8 Å². The van der Waals surface area contributed by atoms with Crippen LogP contribution in [0.2, 0.25) is 0 Å². The second kappa shape index (κ2) is 7.78. The Bertz CT molecular complexity index is 475. The molecule has 0 spiro atoms. The Morgan fingerprint density at radius 2 is 1.71 bits per heavy atom. The Morgan fingerprint density at radius 3 is 2.24 bits per heavy atom. The molecule has 0 atom stereocenters. The quantitative estimate of drug-likeness (QED) is 0.702. The Balaban J connectivity index is 2.27. The van der Waals surface area contributed by atoms with Gasteiger partial charge in [-0.05, 0) is 38.5 Å². The van der Waals surface area contributed by atoms with Gasteiger partial charge in [0.25, 0.3) is 0 Å². The van der Waals surface area contributed by atoms with E-state index in [4.69, 9.17) is 0 Å². The number of nitrogens with one attached hydrogen (secondary N) is 3. The lowest BCUT2D eigenvalue weighted by atomic mass is 10.1. The van der Waals surface area contributed by atoms with Crippen LogP contribution in [0.15, 0.2) is 24.3 Å². The number of amides is 2. The Kier molecular flexibility index (Phi) is 6.37. The molecular weight excluding hydrogens is 266 g/mol. The Labute approximate surface area is 126 Å². The van der Waals surface area contributed by atoms with Gasteiger partial charge in [-0.25, -0.2) is 0 Å². The lowest BCUT2D eigenvalue weighted by Gasteiger charge is -2.20. The van der Waals surface area contributed by atoms with Crippen LogP contribution in [0.25, 0.3) is 0 Å².